The first-order valence-corrected chi connectivity index (χ1v) is 5.59. The van der Waals surface area contributed by atoms with Gasteiger partial charge in [-0.2, -0.15) is 0 Å². The molecule has 1 amide bonds. The lowest BCUT2D eigenvalue weighted by Gasteiger charge is -2.24. The lowest BCUT2D eigenvalue weighted by atomic mass is 10.1. The van der Waals surface area contributed by atoms with E-state index in [2.05, 4.69) is 6.92 Å². The summed E-state index contributed by atoms with van der Waals surface area (Å²) in [5.41, 5.74) is 5.63. The number of likely N-dealkylation sites (tertiary alicyclic amines) is 1. The molecule has 0 bridgehead atoms. The Morgan fingerprint density at radius 1 is 1.67 bits per heavy atom. The van der Waals surface area contributed by atoms with Crippen LogP contribution in [0.25, 0.3) is 0 Å². The van der Waals surface area contributed by atoms with Crippen LogP contribution in [0.15, 0.2) is 0 Å². The number of hydrogen-bond acceptors (Lipinski definition) is 3. The predicted molar refractivity (Wildman–Crippen MR) is 59.4 cm³/mol. The van der Waals surface area contributed by atoms with Crippen molar-refractivity contribution in [1.29, 1.82) is 0 Å². The lowest BCUT2D eigenvalue weighted by molar-refractivity contribution is -0.137. The molecule has 0 spiro atoms. The second-order valence-electron chi connectivity index (χ2n) is 4.53. The van der Waals surface area contributed by atoms with Crippen LogP contribution in [0.2, 0.25) is 0 Å². The quantitative estimate of drug-likeness (QED) is 0.740. The highest BCUT2D eigenvalue weighted by atomic mass is 16.5. The van der Waals surface area contributed by atoms with Crippen molar-refractivity contribution < 1.29 is 9.53 Å². The van der Waals surface area contributed by atoms with Gasteiger partial charge in [0.25, 0.3) is 0 Å². The van der Waals surface area contributed by atoms with Gasteiger partial charge in [0.1, 0.15) is 0 Å². The second kappa shape index (κ2) is 5.47. The maximum absolute atomic E-state index is 12.0. The number of ether oxygens (including phenoxy) is 1. The summed E-state index contributed by atoms with van der Waals surface area (Å²) >= 11 is 0. The van der Waals surface area contributed by atoms with Crippen molar-refractivity contribution in [3.05, 3.63) is 0 Å². The Kier molecular flexibility index (Phi) is 4.54. The van der Waals surface area contributed by atoms with E-state index in [0.29, 0.717) is 25.1 Å². The lowest BCUT2D eigenvalue weighted by Crippen LogP contribution is -2.39. The topological polar surface area (TPSA) is 55.6 Å². The number of carbonyl (C=O) groups is 1. The third-order valence-electron chi connectivity index (χ3n) is 3.12. The zero-order chi connectivity index (χ0) is 11.4. The van der Waals surface area contributed by atoms with Gasteiger partial charge in [0.05, 0.1) is 12.5 Å². The van der Waals surface area contributed by atoms with E-state index >= 15 is 0 Å². The molecule has 0 aliphatic carbocycles. The van der Waals surface area contributed by atoms with Gasteiger partial charge in [-0.15, -0.1) is 0 Å². The molecular formula is C11H22N2O2. The van der Waals surface area contributed by atoms with E-state index in [9.17, 15) is 4.79 Å². The Morgan fingerprint density at radius 3 is 2.80 bits per heavy atom. The molecule has 88 valence electrons. The van der Waals surface area contributed by atoms with Crippen molar-refractivity contribution in [2.75, 3.05) is 26.8 Å². The Morgan fingerprint density at radius 2 is 2.33 bits per heavy atom. The number of carbonyl (C=O) groups excluding carboxylic acids is 1. The fraction of sp³-hybridized carbons (Fsp3) is 0.909. The first kappa shape index (κ1) is 12.5. The zero-order valence-electron chi connectivity index (χ0n) is 9.90. The van der Waals surface area contributed by atoms with E-state index in [1.807, 2.05) is 11.8 Å². The molecule has 4 heteroatoms. The van der Waals surface area contributed by atoms with Crippen molar-refractivity contribution in [2.45, 2.75) is 26.3 Å². The van der Waals surface area contributed by atoms with Crippen LogP contribution in [0, 0.1) is 11.8 Å². The molecule has 0 aromatic heterocycles. The molecule has 15 heavy (non-hydrogen) atoms. The van der Waals surface area contributed by atoms with Gasteiger partial charge >= 0.3 is 0 Å². The summed E-state index contributed by atoms with van der Waals surface area (Å²) in [4.78, 5) is 14.0. The second-order valence-corrected chi connectivity index (χ2v) is 4.53. The van der Waals surface area contributed by atoms with E-state index in [1.165, 1.54) is 0 Å². The summed E-state index contributed by atoms with van der Waals surface area (Å²) in [6.07, 6.45) is 1.03. The highest BCUT2D eigenvalue weighted by Gasteiger charge is 2.33. The molecule has 3 unspecified atom stereocenters. The maximum Gasteiger partial charge on any atom is 0.227 e. The highest BCUT2D eigenvalue weighted by Crippen LogP contribution is 2.23. The van der Waals surface area contributed by atoms with Gasteiger partial charge in [-0.3, -0.25) is 4.79 Å². The normalized spacial score (nSPS) is 28.1. The Balaban J connectivity index is 2.53. The molecule has 3 atom stereocenters. The molecule has 0 saturated carbocycles. The third kappa shape index (κ3) is 2.92. The largest absolute Gasteiger partial charge is 0.384 e. The third-order valence-corrected chi connectivity index (χ3v) is 3.12. The average Bonchev–Trinajstić information content (AvgIpc) is 2.59. The maximum atomic E-state index is 12.0. The molecular weight excluding hydrogens is 192 g/mol. The average molecular weight is 214 g/mol. The fourth-order valence-corrected chi connectivity index (χ4v) is 2.22. The van der Waals surface area contributed by atoms with Crippen LogP contribution in [0.4, 0.5) is 0 Å². The SMILES string of the molecule is COCC(C)C(=O)N1CC(CN)CC1C. The predicted octanol–water partition coefficient (Wildman–Crippen LogP) is 0.465. The van der Waals surface area contributed by atoms with Crippen LogP contribution in [-0.4, -0.2) is 43.7 Å². The first-order chi connectivity index (χ1) is 7.10. The molecule has 1 aliphatic heterocycles. The minimum atomic E-state index is -0.0472. The highest BCUT2D eigenvalue weighted by molar-refractivity contribution is 5.79. The first-order valence-electron chi connectivity index (χ1n) is 5.59. The van der Waals surface area contributed by atoms with Gasteiger partial charge < -0.3 is 15.4 Å². The van der Waals surface area contributed by atoms with Crippen molar-refractivity contribution in [3.8, 4) is 0 Å². The molecule has 1 saturated heterocycles. The van der Waals surface area contributed by atoms with Gasteiger partial charge in [-0.1, -0.05) is 6.92 Å². The van der Waals surface area contributed by atoms with E-state index in [0.717, 1.165) is 13.0 Å². The summed E-state index contributed by atoms with van der Waals surface area (Å²) in [7, 11) is 1.62. The number of nitrogens with zero attached hydrogens (tertiary/aromatic N) is 1. The van der Waals surface area contributed by atoms with Crippen LogP contribution in [0.3, 0.4) is 0 Å². The Labute approximate surface area is 91.8 Å². The van der Waals surface area contributed by atoms with Gasteiger partial charge in [0.15, 0.2) is 0 Å². The van der Waals surface area contributed by atoms with Gasteiger partial charge in [0.2, 0.25) is 5.91 Å². The number of methoxy groups -OCH3 is 1. The molecule has 4 nitrogen and oxygen atoms in total. The van der Waals surface area contributed by atoms with E-state index in [1.54, 1.807) is 7.11 Å². The van der Waals surface area contributed by atoms with Crippen LogP contribution in [0.1, 0.15) is 20.3 Å². The van der Waals surface area contributed by atoms with Crippen molar-refractivity contribution in [3.63, 3.8) is 0 Å². The number of amides is 1. The van der Waals surface area contributed by atoms with Crippen LogP contribution < -0.4 is 5.73 Å². The summed E-state index contributed by atoms with van der Waals surface area (Å²) in [6, 6.07) is 0.324. The van der Waals surface area contributed by atoms with Crippen molar-refractivity contribution >= 4 is 5.91 Å². The Bertz CT molecular complexity index is 221. The standard InChI is InChI=1S/C11H22N2O2/c1-8(7-15-3)11(14)13-6-10(5-12)4-9(13)2/h8-10H,4-7,12H2,1-3H3. The van der Waals surface area contributed by atoms with E-state index in [4.69, 9.17) is 10.5 Å². The monoisotopic (exact) mass is 214 g/mol. The van der Waals surface area contributed by atoms with Gasteiger partial charge in [-0.05, 0) is 25.8 Å². The molecule has 0 aromatic carbocycles. The summed E-state index contributed by atoms with van der Waals surface area (Å²) in [6.45, 7) is 5.98. The summed E-state index contributed by atoms with van der Waals surface area (Å²) in [5, 5.41) is 0. The summed E-state index contributed by atoms with van der Waals surface area (Å²) < 4.78 is 5.00. The van der Waals surface area contributed by atoms with Crippen molar-refractivity contribution in [1.82, 2.24) is 4.90 Å². The molecule has 1 aliphatic rings. The number of nitrogens with two attached hydrogens (primary N) is 1. The van der Waals surface area contributed by atoms with Gasteiger partial charge in [-0.25, -0.2) is 0 Å². The van der Waals surface area contributed by atoms with Crippen LogP contribution in [0.5, 0.6) is 0 Å². The van der Waals surface area contributed by atoms with E-state index < -0.39 is 0 Å². The number of hydrogen-bond donors (Lipinski definition) is 1. The minimum Gasteiger partial charge on any atom is -0.384 e. The number of rotatable bonds is 4. The van der Waals surface area contributed by atoms with Crippen molar-refractivity contribution in [2.24, 2.45) is 17.6 Å². The smallest absolute Gasteiger partial charge is 0.227 e. The Hall–Kier alpha value is -0.610. The van der Waals surface area contributed by atoms with E-state index in [-0.39, 0.29) is 11.8 Å². The molecule has 0 radical (unpaired) electrons. The van der Waals surface area contributed by atoms with Crippen LogP contribution in [-0.2, 0) is 9.53 Å². The van der Waals surface area contributed by atoms with Crippen LogP contribution >= 0.6 is 0 Å². The fourth-order valence-electron chi connectivity index (χ4n) is 2.22. The molecule has 1 heterocycles. The molecule has 1 rings (SSSR count). The zero-order valence-corrected chi connectivity index (χ0v) is 9.90. The molecule has 2 N–H and O–H groups in total. The molecule has 0 aromatic rings. The summed E-state index contributed by atoms with van der Waals surface area (Å²) in [5.74, 6) is 0.618. The minimum absolute atomic E-state index is 0.0472. The molecule has 1 fully saturated rings. The van der Waals surface area contributed by atoms with Gasteiger partial charge in [0, 0.05) is 19.7 Å².